The zero-order chi connectivity index (χ0) is 20.0. The zero-order valence-electron chi connectivity index (χ0n) is 18.8. The van der Waals surface area contributed by atoms with Crippen LogP contribution in [0.15, 0.2) is 12.1 Å². The normalized spacial score (nSPS) is 18.2. The van der Waals surface area contributed by atoms with Gasteiger partial charge in [-0.2, -0.15) is 0 Å². The van der Waals surface area contributed by atoms with E-state index >= 15 is 0 Å². The van der Waals surface area contributed by atoms with E-state index < -0.39 is 0 Å². The van der Waals surface area contributed by atoms with E-state index in [1.807, 2.05) is 0 Å². The van der Waals surface area contributed by atoms with Gasteiger partial charge in [-0.25, -0.2) is 0 Å². The number of hydrogen-bond donors (Lipinski definition) is 0. The highest BCUT2D eigenvalue weighted by molar-refractivity contribution is 7.38. The first kappa shape index (κ1) is 22.3. The number of unbranched alkanes of at least 4 members (excludes halogenated alkanes) is 2. The molecule has 0 bridgehead atoms. The summed E-state index contributed by atoms with van der Waals surface area (Å²) in [6.07, 6.45) is 18.2. The van der Waals surface area contributed by atoms with Crippen molar-refractivity contribution in [2.24, 2.45) is 11.3 Å². The van der Waals surface area contributed by atoms with Gasteiger partial charge in [-0.1, -0.05) is 85.5 Å². The van der Waals surface area contributed by atoms with Crippen molar-refractivity contribution in [2.45, 2.75) is 117 Å². The highest BCUT2D eigenvalue weighted by atomic mass is 32.2. The van der Waals surface area contributed by atoms with Gasteiger partial charge in [-0.15, -0.1) is 22.7 Å². The van der Waals surface area contributed by atoms with Gasteiger partial charge >= 0.3 is 0 Å². The smallest absolute Gasteiger partial charge is 0.0870 e. The number of rotatable bonds is 11. The summed E-state index contributed by atoms with van der Waals surface area (Å²) in [6.45, 7) is 9.67. The monoisotopic (exact) mass is 418 g/mol. The Labute approximate surface area is 182 Å². The number of hydrogen-bond acceptors (Lipinski definition) is 2. The summed E-state index contributed by atoms with van der Waals surface area (Å²) >= 11 is 4.21. The van der Waals surface area contributed by atoms with Crippen molar-refractivity contribution in [3.05, 3.63) is 21.9 Å². The number of thiophene rings is 2. The molecule has 1 unspecified atom stereocenters. The van der Waals surface area contributed by atoms with Crippen LogP contribution in [0.5, 0.6) is 0 Å². The average molecular weight is 419 g/mol. The first-order valence-electron chi connectivity index (χ1n) is 12.2. The Hall–Kier alpha value is -0.340. The average Bonchev–Trinajstić information content (AvgIpc) is 3.27. The van der Waals surface area contributed by atoms with Gasteiger partial charge in [-0.3, -0.25) is 0 Å². The molecule has 0 amide bonds. The van der Waals surface area contributed by atoms with E-state index in [1.165, 1.54) is 88.9 Å². The topological polar surface area (TPSA) is 0 Å². The first-order valence-corrected chi connectivity index (χ1v) is 13.8. The van der Waals surface area contributed by atoms with Crippen LogP contribution in [0.3, 0.4) is 0 Å². The summed E-state index contributed by atoms with van der Waals surface area (Å²) in [5.74, 6) is 1.64. The molecule has 0 saturated heterocycles. The molecule has 0 nitrogen and oxygen atoms in total. The molecule has 158 valence electrons. The number of fused-ring (bicyclic) bond motifs is 1. The molecule has 0 N–H and O–H groups in total. The fourth-order valence-corrected chi connectivity index (χ4v) is 8.63. The van der Waals surface area contributed by atoms with Crippen LogP contribution in [-0.2, 0) is 6.42 Å². The standard InChI is InChI=1S/C26H42S2/c1-5-8-10-15-23-18-21-19-24(28-25(21)27-23)20(4)26(16-11-9-12-17-26)22(13-6-2)14-7-3/h18-20,22H,5-17H2,1-4H3. The van der Waals surface area contributed by atoms with Crippen molar-refractivity contribution in [2.75, 3.05) is 0 Å². The van der Waals surface area contributed by atoms with Gasteiger partial charge in [-0.05, 0) is 55.1 Å². The molecule has 2 heterocycles. The van der Waals surface area contributed by atoms with Crippen LogP contribution in [0.25, 0.3) is 9.40 Å². The Kier molecular flexibility index (Phi) is 8.47. The molecule has 1 atom stereocenters. The molecule has 2 aromatic heterocycles. The van der Waals surface area contributed by atoms with Crippen molar-refractivity contribution >= 4 is 32.1 Å². The van der Waals surface area contributed by atoms with Gasteiger partial charge in [0.05, 0.1) is 4.01 Å². The van der Waals surface area contributed by atoms with Crippen molar-refractivity contribution in [3.8, 4) is 0 Å². The highest BCUT2D eigenvalue weighted by Crippen LogP contribution is 2.56. The summed E-state index contributed by atoms with van der Waals surface area (Å²) < 4.78 is 1.59. The molecule has 0 spiro atoms. The third-order valence-electron chi connectivity index (χ3n) is 7.47. The summed E-state index contributed by atoms with van der Waals surface area (Å²) in [7, 11) is 0. The predicted octanol–water partition coefficient (Wildman–Crippen LogP) is 9.97. The fourth-order valence-electron chi connectivity index (χ4n) is 5.90. The maximum Gasteiger partial charge on any atom is 0.0870 e. The second-order valence-corrected chi connectivity index (χ2v) is 11.8. The van der Waals surface area contributed by atoms with E-state index in [0.717, 1.165) is 11.8 Å². The van der Waals surface area contributed by atoms with Gasteiger partial charge in [0.1, 0.15) is 0 Å². The minimum atomic E-state index is 0.557. The van der Waals surface area contributed by atoms with E-state index in [2.05, 4.69) is 62.5 Å². The largest absolute Gasteiger partial charge is 0.129 e. The summed E-state index contributed by atoms with van der Waals surface area (Å²) in [5, 5.41) is 1.54. The molecular formula is C26H42S2. The van der Waals surface area contributed by atoms with Crippen LogP contribution >= 0.6 is 22.7 Å². The van der Waals surface area contributed by atoms with Gasteiger partial charge in [0.15, 0.2) is 0 Å². The maximum atomic E-state index is 2.58. The van der Waals surface area contributed by atoms with Crippen LogP contribution in [0.2, 0.25) is 0 Å². The minimum absolute atomic E-state index is 0.557. The van der Waals surface area contributed by atoms with E-state index in [9.17, 15) is 0 Å². The molecular weight excluding hydrogens is 376 g/mol. The van der Waals surface area contributed by atoms with Crippen LogP contribution in [-0.4, -0.2) is 0 Å². The quantitative estimate of drug-likeness (QED) is 0.318. The van der Waals surface area contributed by atoms with Crippen molar-refractivity contribution in [3.63, 3.8) is 0 Å². The van der Waals surface area contributed by atoms with E-state index in [1.54, 1.807) is 13.8 Å². The fraction of sp³-hybridized carbons (Fsp3) is 0.769. The van der Waals surface area contributed by atoms with Crippen molar-refractivity contribution in [1.82, 2.24) is 0 Å². The second kappa shape index (κ2) is 10.6. The first-order chi connectivity index (χ1) is 13.6. The summed E-state index contributed by atoms with van der Waals surface area (Å²) in [5.41, 5.74) is 0.557. The van der Waals surface area contributed by atoms with Gasteiger partial charge < -0.3 is 0 Å². The highest BCUT2D eigenvalue weighted by Gasteiger charge is 2.44. The lowest BCUT2D eigenvalue weighted by molar-refractivity contribution is 0.0549. The molecule has 3 rings (SSSR count). The molecule has 1 aliphatic rings. The Morgan fingerprint density at radius 3 is 2.21 bits per heavy atom. The molecule has 0 radical (unpaired) electrons. The van der Waals surface area contributed by atoms with Crippen LogP contribution in [0, 0.1) is 11.3 Å². The third kappa shape index (κ3) is 4.86. The van der Waals surface area contributed by atoms with E-state index in [-0.39, 0.29) is 0 Å². The lowest BCUT2D eigenvalue weighted by atomic mass is 9.57. The van der Waals surface area contributed by atoms with Gasteiger partial charge in [0.2, 0.25) is 0 Å². The van der Waals surface area contributed by atoms with Crippen LogP contribution < -0.4 is 0 Å². The van der Waals surface area contributed by atoms with Gasteiger partial charge in [0, 0.05) is 15.1 Å². The Morgan fingerprint density at radius 2 is 1.61 bits per heavy atom. The molecule has 1 aliphatic carbocycles. The Morgan fingerprint density at radius 1 is 0.893 bits per heavy atom. The van der Waals surface area contributed by atoms with Crippen molar-refractivity contribution in [1.29, 1.82) is 0 Å². The van der Waals surface area contributed by atoms with Crippen LogP contribution in [0.1, 0.15) is 120 Å². The molecule has 1 saturated carbocycles. The minimum Gasteiger partial charge on any atom is -0.129 e. The molecule has 2 heteroatoms. The van der Waals surface area contributed by atoms with E-state index in [0.29, 0.717) is 5.41 Å². The predicted molar refractivity (Wildman–Crippen MR) is 130 cm³/mol. The molecule has 2 aromatic rings. The zero-order valence-corrected chi connectivity index (χ0v) is 20.5. The maximum absolute atomic E-state index is 2.58. The molecule has 1 fully saturated rings. The third-order valence-corrected chi connectivity index (χ3v) is 10.1. The molecule has 0 aliphatic heterocycles. The lowest BCUT2D eigenvalue weighted by Crippen LogP contribution is -2.37. The Bertz CT molecular complexity index is 664. The van der Waals surface area contributed by atoms with Gasteiger partial charge in [0.25, 0.3) is 0 Å². The van der Waals surface area contributed by atoms with E-state index in [4.69, 9.17) is 0 Å². The Balaban J connectivity index is 1.83. The lowest BCUT2D eigenvalue weighted by Gasteiger charge is -2.48. The molecule has 28 heavy (non-hydrogen) atoms. The number of aryl methyl sites for hydroxylation is 1. The van der Waals surface area contributed by atoms with Crippen molar-refractivity contribution < 1.29 is 0 Å². The molecule has 0 aromatic carbocycles. The second-order valence-electron chi connectivity index (χ2n) is 9.35. The van der Waals surface area contributed by atoms with Crippen LogP contribution in [0.4, 0.5) is 0 Å². The SMILES string of the molecule is CCCCCc1cc2cc(C(C)C3(C(CCC)CCC)CCCCC3)sc2s1. The summed E-state index contributed by atoms with van der Waals surface area (Å²) in [4.78, 5) is 3.29. The summed E-state index contributed by atoms with van der Waals surface area (Å²) in [6, 6.07) is 5.08.